The van der Waals surface area contributed by atoms with Crippen LogP contribution in [-0.4, -0.2) is 58.3 Å². The summed E-state index contributed by atoms with van der Waals surface area (Å²) in [5, 5.41) is 0.371. The van der Waals surface area contributed by atoms with Crippen molar-refractivity contribution in [2.45, 2.75) is 29.7 Å². The van der Waals surface area contributed by atoms with E-state index in [1.807, 2.05) is 0 Å². The highest BCUT2D eigenvalue weighted by atomic mass is 35.5. The third-order valence-electron chi connectivity index (χ3n) is 4.39. The van der Waals surface area contributed by atoms with E-state index in [4.69, 9.17) is 25.8 Å². The highest BCUT2D eigenvalue weighted by molar-refractivity contribution is 7.89. The molecule has 6 nitrogen and oxygen atoms in total. The minimum absolute atomic E-state index is 0.126. The molecule has 1 aromatic carbocycles. The maximum Gasteiger partial charge on any atom is 0.247 e. The van der Waals surface area contributed by atoms with Gasteiger partial charge in [-0.3, -0.25) is 0 Å². The van der Waals surface area contributed by atoms with Gasteiger partial charge in [-0.15, -0.1) is 0 Å². The van der Waals surface area contributed by atoms with Crippen LogP contribution < -0.4 is 4.74 Å². The third-order valence-corrected chi connectivity index (χ3v) is 6.65. The minimum atomic E-state index is -3.69. The molecule has 1 spiro atoms. The maximum absolute atomic E-state index is 13.2. The molecule has 0 atom stereocenters. The topological polar surface area (TPSA) is 65.1 Å². The molecule has 8 heteroatoms. The summed E-state index contributed by atoms with van der Waals surface area (Å²) < 4.78 is 44.1. The average molecular weight is 376 g/mol. The van der Waals surface area contributed by atoms with E-state index in [0.29, 0.717) is 50.2 Å². The number of benzene rings is 1. The molecule has 1 aromatic rings. The normalized spacial score (nSPS) is 20.2. The summed E-state index contributed by atoms with van der Waals surface area (Å²) in [5.41, 5.74) is -0.382. The summed E-state index contributed by atoms with van der Waals surface area (Å²) in [7, 11) is -2.07. The molecule has 134 valence electrons. The van der Waals surface area contributed by atoms with Gasteiger partial charge in [0, 0.05) is 31.7 Å². The molecule has 0 unspecified atom stereocenters. The van der Waals surface area contributed by atoms with Gasteiger partial charge in [-0.05, 0) is 31.0 Å². The monoisotopic (exact) mass is 375 g/mol. The van der Waals surface area contributed by atoms with E-state index in [1.54, 1.807) is 23.5 Å². The molecule has 3 rings (SSSR count). The Balaban J connectivity index is 1.87. The van der Waals surface area contributed by atoms with Gasteiger partial charge in [0.05, 0.1) is 25.4 Å². The van der Waals surface area contributed by atoms with Crippen LogP contribution in [0.25, 0.3) is 0 Å². The SMILES string of the molecule is COCCCOc1ccc(Cl)cc1S(=O)(=O)N1CCOCC12CC2. The molecule has 2 fully saturated rings. The zero-order chi connectivity index (χ0) is 17.2. The number of hydrogen-bond donors (Lipinski definition) is 0. The predicted molar refractivity (Wildman–Crippen MR) is 90.1 cm³/mol. The van der Waals surface area contributed by atoms with Crippen molar-refractivity contribution in [1.29, 1.82) is 0 Å². The number of hydrogen-bond acceptors (Lipinski definition) is 5. The molecule has 2 aliphatic rings. The second-order valence-electron chi connectivity index (χ2n) is 6.14. The van der Waals surface area contributed by atoms with Gasteiger partial charge in [0.2, 0.25) is 10.0 Å². The van der Waals surface area contributed by atoms with Gasteiger partial charge in [-0.1, -0.05) is 11.6 Å². The lowest BCUT2D eigenvalue weighted by molar-refractivity contribution is 0.0213. The summed E-state index contributed by atoms with van der Waals surface area (Å²) in [4.78, 5) is 0.126. The van der Waals surface area contributed by atoms with Gasteiger partial charge in [0.15, 0.2) is 0 Å². The van der Waals surface area contributed by atoms with E-state index in [-0.39, 0.29) is 10.4 Å². The Labute approximate surface area is 147 Å². The molecule has 0 aromatic heterocycles. The average Bonchev–Trinajstić information content (AvgIpc) is 3.32. The first-order valence-electron chi connectivity index (χ1n) is 8.01. The molecule has 1 saturated heterocycles. The van der Waals surface area contributed by atoms with Gasteiger partial charge in [-0.2, -0.15) is 4.31 Å². The first-order chi connectivity index (χ1) is 11.5. The van der Waals surface area contributed by atoms with Crippen LogP contribution in [0.2, 0.25) is 5.02 Å². The smallest absolute Gasteiger partial charge is 0.247 e. The van der Waals surface area contributed by atoms with Crippen molar-refractivity contribution in [1.82, 2.24) is 4.31 Å². The van der Waals surface area contributed by atoms with Gasteiger partial charge in [0.25, 0.3) is 0 Å². The zero-order valence-electron chi connectivity index (χ0n) is 13.7. The van der Waals surface area contributed by atoms with Crippen molar-refractivity contribution >= 4 is 21.6 Å². The summed E-state index contributed by atoms with van der Waals surface area (Å²) in [6.45, 7) is 2.16. The lowest BCUT2D eigenvalue weighted by atomic mass is 10.2. The molecule has 1 aliphatic heterocycles. The third kappa shape index (κ3) is 3.55. The number of methoxy groups -OCH3 is 1. The number of morpholine rings is 1. The number of sulfonamides is 1. The van der Waals surface area contributed by atoms with Gasteiger partial charge < -0.3 is 14.2 Å². The fraction of sp³-hybridized carbons (Fsp3) is 0.625. The van der Waals surface area contributed by atoms with Crippen LogP contribution in [0, 0.1) is 0 Å². The second-order valence-corrected chi connectivity index (χ2v) is 8.41. The minimum Gasteiger partial charge on any atom is -0.492 e. The molecule has 24 heavy (non-hydrogen) atoms. The van der Waals surface area contributed by atoms with Crippen LogP contribution in [0.5, 0.6) is 5.75 Å². The van der Waals surface area contributed by atoms with Crippen LogP contribution in [0.3, 0.4) is 0 Å². The molecule has 1 heterocycles. The molecular formula is C16H22ClNO5S. The fourth-order valence-corrected chi connectivity index (χ4v) is 5.13. The number of halogens is 1. The van der Waals surface area contributed by atoms with Crippen LogP contribution in [0.4, 0.5) is 0 Å². The summed E-state index contributed by atoms with van der Waals surface area (Å²) >= 11 is 6.05. The van der Waals surface area contributed by atoms with Crippen molar-refractivity contribution < 1.29 is 22.6 Å². The Morgan fingerprint density at radius 2 is 2.12 bits per heavy atom. The van der Waals surface area contributed by atoms with Gasteiger partial charge in [0.1, 0.15) is 10.6 Å². The van der Waals surface area contributed by atoms with Crippen molar-refractivity contribution in [3.05, 3.63) is 23.2 Å². The first kappa shape index (κ1) is 17.9. The summed E-state index contributed by atoms with van der Waals surface area (Å²) in [6, 6.07) is 4.72. The Hall–Kier alpha value is -0.860. The highest BCUT2D eigenvalue weighted by Crippen LogP contribution is 2.47. The quantitative estimate of drug-likeness (QED) is 0.684. The van der Waals surface area contributed by atoms with E-state index < -0.39 is 10.0 Å². The lowest BCUT2D eigenvalue weighted by Gasteiger charge is -2.35. The van der Waals surface area contributed by atoms with E-state index in [2.05, 4.69) is 0 Å². The largest absolute Gasteiger partial charge is 0.492 e. The predicted octanol–water partition coefficient (Wildman–Crippen LogP) is 2.31. The Morgan fingerprint density at radius 3 is 2.83 bits per heavy atom. The molecule has 1 saturated carbocycles. The number of ether oxygens (including phenoxy) is 3. The van der Waals surface area contributed by atoms with Crippen molar-refractivity contribution in [2.24, 2.45) is 0 Å². The number of nitrogens with zero attached hydrogens (tertiary/aromatic N) is 1. The van der Waals surface area contributed by atoms with Crippen LogP contribution in [0.15, 0.2) is 23.1 Å². The molecule has 1 aliphatic carbocycles. The lowest BCUT2D eigenvalue weighted by Crippen LogP contribution is -2.50. The van der Waals surface area contributed by atoms with E-state index in [1.165, 1.54) is 6.07 Å². The Bertz CT molecular complexity index is 690. The van der Waals surface area contributed by atoms with Gasteiger partial charge >= 0.3 is 0 Å². The fourth-order valence-electron chi connectivity index (χ4n) is 2.94. The maximum atomic E-state index is 13.2. The van der Waals surface area contributed by atoms with Crippen LogP contribution >= 0.6 is 11.6 Å². The molecular weight excluding hydrogens is 354 g/mol. The second kappa shape index (κ2) is 7.17. The summed E-state index contributed by atoms with van der Waals surface area (Å²) in [6.07, 6.45) is 2.34. The molecule has 0 bridgehead atoms. The summed E-state index contributed by atoms with van der Waals surface area (Å²) in [5.74, 6) is 0.331. The zero-order valence-corrected chi connectivity index (χ0v) is 15.2. The Kier molecular flexibility index (Phi) is 5.36. The standard InChI is InChI=1S/C16H22ClNO5S/c1-21-8-2-9-23-14-4-3-13(17)11-15(14)24(19,20)18-7-10-22-12-16(18)5-6-16/h3-4,11H,2,5-10,12H2,1H3. The van der Waals surface area contributed by atoms with Gasteiger partial charge in [-0.25, -0.2) is 8.42 Å². The molecule has 0 N–H and O–H groups in total. The van der Waals surface area contributed by atoms with E-state index in [9.17, 15) is 8.42 Å². The van der Waals surface area contributed by atoms with Crippen molar-refractivity contribution in [2.75, 3.05) is 40.1 Å². The van der Waals surface area contributed by atoms with Crippen LogP contribution in [0.1, 0.15) is 19.3 Å². The van der Waals surface area contributed by atoms with Crippen LogP contribution in [-0.2, 0) is 19.5 Å². The Morgan fingerprint density at radius 1 is 1.33 bits per heavy atom. The highest BCUT2D eigenvalue weighted by Gasteiger charge is 2.55. The molecule has 0 amide bonds. The van der Waals surface area contributed by atoms with E-state index >= 15 is 0 Å². The molecule has 0 radical (unpaired) electrons. The van der Waals surface area contributed by atoms with E-state index in [0.717, 1.165) is 12.8 Å². The van der Waals surface area contributed by atoms with Crippen molar-refractivity contribution in [3.63, 3.8) is 0 Å². The van der Waals surface area contributed by atoms with Crippen molar-refractivity contribution in [3.8, 4) is 5.75 Å². The number of rotatable bonds is 7. The first-order valence-corrected chi connectivity index (χ1v) is 9.83.